The Morgan fingerprint density at radius 2 is 1.73 bits per heavy atom. The number of aromatic nitrogens is 4. The lowest BCUT2D eigenvalue weighted by Gasteiger charge is -2.13. The monoisotopic (exact) mass is 435 g/mol. The Bertz CT molecular complexity index is 1370. The summed E-state index contributed by atoms with van der Waals surface area (Å²) in [6, 6.07) is 23.8. The highest BCUT2D eigenvalue weighted by Gasteiger charge is 2.12. The molecule has 0 amide bonds. The molecule has 3 aromatic heterocycles. The van der Waals surface area contributed by atoms with Crippen molar-refractivity contribution in [2.24, 2.45) is 0 Å². The first kappa shape index (κ1) is 20.2. The molecule has 33 heavy (non-hydrogen) atoms. The topological polar surface area (TPSA) is 49.2 Å². The van der Waals surface area contributed by atoms with Crippen LogP contribution in [0.4, 0.5) is 0 Å². The number of H-pyrrole nitrogens is 1. The first-order valence-corrected chi connectivity index (χ1v) is 12.0. The van der Waals surface area contributed by atoms with Gasteiger partial charge in [-0.3, -0.25) is 0 Å². The smallest absolute Gasteiger partial charge is 0.156 e. The first-order chi connectivity index (χ1) is 16.3. The minimum atomic E-state index is 0.742. The second-order valence-electron chi connectivity index (χ2n) is 9.13. The molecular formula is C28H29N5. The van der Waals surface area contributed by atoms with Crippen LogP contribution in [0.25, 0.3) is 27.8 Å². The molecule has 0 unspecified atom stereocenters. The lowest BCUT2D eigenvalue weighted by Crippen LogP contribution is -2.20. The maximum absolute atomic E-state index is 4.86. The fraction of sp³-hybridized carbons (Fsp3) is 0.286. The average molecular weight is 436 g/mol. The molecule has 5 nitrogen and oxygen atoms in total. The van der Waals surface area contributed by atoms with E-state index in [1.54, 1.807) is 0 Å². The third kappa shape index (κ3) is 4.29. The van der Waals surface area contributed by atoms with Crippen LogP contribution in [0.2, 0.25) is 0 Å². The van der Waals surface area contributed by atoms with Gasteiger partial charge >= 0.3 is 0 Å². The van der Waals surface area contributed by atoms with Gasteiger partial charge in [0.2, 0.25) is 0 Å². The van der Waals surface area contributed by atoms with Crippen molar-refractivity contribution in [2.75, 3.05) is 19.6 Å². The molecule has 166 valence electrons. The van der Waals surface area contributed by atoms with Crippen molar-refractivity contribution in [1.29, 1.82) is 0 Å². The number of fused-ring (bicyclic) bond motifs is 2. The van der Waals surface area contributed by atoms with Crippen molar-refractivity contribution in [3.8, 4) is 11.3 Å². The summed E-state index contributed by atoms with van der Waals surface area (Å²) in [4.78, 5) is 10.7. The van der Waals surface area contributed by atoms with Gasteiger partial charge in [-0.1, -0.05) is 36.4 Å². The molecule has 4 heterocycles. The van der Waals surface area contributed by atoms with Gasteiger partial charge in [0.25, 0.3) is 0 Å². The lowest BCUT2D eigenvalue weighted by atomic mass is 10.1. The van der Waals surface area contributed by atoms with Crippen LogP contribution in [-0.4, -0.2) is 44.1 Å². The van der Waals surface area contributed by atoms with Crippen LogP contribution in [-0.2, 0) is 12.8 Å². The number of hydrogen-bond donors (Lipinski definition) is 1. The number of nitrogens with zero attached hydrogens (tertiary/aromatic N) is 4. The van der Waals surface area contributed by atoms with E-state index < -0.39 is 0 Å². The summed E-state index contributed by atoms with van der Waals surface area (Å²) in [5.41, 5.74) is 6.90. The molecule has 1 N–H and O–H groups in total. The standard InChI is InChI=1S/C28H29N5/c1-2-17-32(16-1)18-4-5-21-8-10-22(11-9-21)19-27-30-28-7-3-6-26(33(28)31-27)24-12-13-25-23(20-24)14-15-29-25/h3,6-15,20,29H,1-2,4-5,16-19H2. The number of aryl methyl sites for hydroxylation is 1. The number of rotatable bonds is 7. The molecule has 0 atom stereocenters. The number of pyridine rings is 1. The van der Waals surface area contributed by atoms with E-state index in [1.807, 2.05) is 16.8 Å². The van der Waals surface area contributed by atoms with Gasteiger partial charge in [-0.2, -0.15) is 5.10 Å². The summed E-state index contributed by atoms with van der Waals surface area (Å²) in [5.74, 6) is 0.854. The molecule has 1 saturated heterocycles. The van der Waals surface area contributed by atoms with Gasteiger partial charge in [0, 0.05) is 29.1 Å². The molecule has 1 aliphatic rings. The van der Waals surface area contributed by atoms with E-state index in [1.165, 1.54) is 55.4 Å². The van der Waals surface area contributed by atoms with Crippen molar-refractivity contribution < 1.29 is 0 Å². The highest BCUT2D eigenvalue weighted by Crippen LogP contribution is 2.24. The second-order valence-corrected chi connectivity index (χ2v) is 9.13. The van der Waals surface area contributed by atoms with E-state index in [0.717, 1.165) is 41.1 Å². The number of hydrogen-bond acceptors (Lipinski definition) is 3. The SMILES string of the molecule is c1cc(-c2ccc3[nH]ccc3c2)n2nc(Cc3ccc(CCCN4CCCC4)cc3)nc2c1. The quantitative estimate of drug-likeness (QED) is 0.367. The van der Waals surface area contributed by atoms with E-state index in [0.29, 0.717) is 0 Å². The molecule has 1 aliphatic heterocycles. The van der Waals surface area contributed by atoms with Gasteiger partial charge in [-0.05, 0) is 86.8 Å². The van der Waals surface area contributed by atoms with Gasteiger partial charge in [0.05, 0.1) is 5.69 Å². The van der Waals surface area contributed by atoms with E-state index in [-0.39, 0.29) is 0 Å². The van der Waals surface area contributed by atoms with Crippen LogP contribution < -0.4 is 0 Å². The van der Waals surface area contributed by atoms with Crippen LogP contribution in [0.3, 0.4) is 0 Å². The molecule has 0 bridgehead atoms. The minimum absolute atomic E-state index is 0.742. The molecule has 5 heteroatoms. The molecule has 0 saturated carbocycles. The summed E-state index contributed by atoms with van der Waals surface area (Å²) in [7, 11) is 0. The molecule has 2 aromatic carbocycles. The third-order valence-electron chi connectivity index (χ3n) is 6.78. The molecule has 5 aromatic rings. The van der Waals surface area contributed by atoms with Crippen molar-refractivity contribution in [3.05, 3.63) is 89.9 Å². The predicted octanol–water partition coefficient (Wildman–Crippen LogP) is 5.50. The fourth-order valence-corrected chi connectivity index (χ4v) is 4.98. The fourth-order valence-electron chi connectivity index (χ4n) is 4.98. The molecular weight excluding hydrogens is 406 g/mol. The van der Waals surface area contributed by atoms with Gasteiger partial charge in [-0.15, -0.1) is 0 Å². The van der Waals surface area contributed by atoms with Crippen LogP contribution in [0.15, 0.2) is 72.9 Å². The Morgan fingerprint density at radius 1 is 0.879 bits per heavy atom. The van der Waals surface area contributed by atoms with Crippen molar-refractivity contribution in [2.45, 2.75) is 32.1 Å². The Labute approximate surface area is 194 Å². The summed E-state index contributed by atoms with van der Waals surface area (Å²) in [6.07, 6.45) is 7.85. The molecule has 0 aliphatic carbocycles. The van der Waals surface area contributed by atoms with E-state index >= 15 is 0 Å². The zero-order chi connectivity index (χ0) is 22.0. The van der Waals surface area contributed by atoms with Gasteiger partial charge in [-0.25, -0.2) is 9.50 Å². The first-order valence-electron chi connectivity index (χ1n) is 12.0. The highest BCUT2D eigenvalue weighted by atomic mass is 15.3. The second kappa shape index (κ2) is 8.83. The van der Waals surface area contributed by atoms with Crippen molar-refractivity contribution in [1.82, 2.24) is 24.5 Å². The van der Waals surface area contributed by atoms with Crippen LogP contribution in [0.1, 0.15) is 36.2 Å². The molecule has 0 radical (unpaired) electrons. The summed E-state index contributed by atoms with van der Waals surface area (Å²) < 4.78 is 1.97. The molecule has 0 spiro atoms. The molecule has 6 rings (SSSR count). The van der Waals surface area contributed by atoms with E-state index in [9.17, 15) is 0 Å². The van der Waals surface area contributed by atoms with Crippen LogP contribution >= 0.6 is 0 Å². The number of aromatic amines is 1. The Balaban J connectivity index is 1.17. The average Bonchev–Trinajstić information content (AvgIpc) is 3.60. The summed E-state index contributed by atoms with van der Waals surface area (Å²) in [5, 5.41) is 6.06. The van der Waals surface area contributed by atoms with Crippen molar-refractivity contribution >= 4 is 16.6 Å². The number of benzene rings is 2. The van der Waals surface area contributed by atoms with Gasteiger partial charge < -0.3 is 9.88 Å². The van der Waals surface area contributed by atoms with Gasteiger partial charge in [0.15, 0.2) is 11.5 Å². The maximum atomic E-state index is 4.86. The van der Waals surface area contributed by atoms with Gasteiger partial charge in [0.1, 0.15) is 0 Å². The number of likely N-dealkylation sites (tertiary alicyclic amines) is 1. The van der Waals surface area contributed by atoms with E-state index in [2.05, 4.69) is 70.5 Å². The Hall–Kier alpha value is -3.44. The Morgan fingerprint density at radius 3 is 2.61 bits per heavy atom. The van der Waals surface area contributed by atoms with Crippen LogP contribution in [0.5, 0.6) is 0 Å². The predicted molar refractivity (Wildman–Crippen MR) is 134 cm³/mol. The highest BCUT2D eigenvalue weighted by molar-refractivity contribution is 5.84. The van der Waals surface area contributed by atoms with E-state index in [4.69, 9.17) is 10.1 Å². The summed E-state index contributed by atoms with van der Waals surface area (Å²) in [6.45, 7) is 3.80. The number of nitrogens with one attached hydrogen (secondary N) is 1. The Kier molecular flexibility index (Phi) is 5.40. The normalized spacial score (nSPS) is 14.5. The third-order valence-corrected chi connectivity index (χ3v) is 6.78. The maximum Gasteiger partial charge on any atom is 0.156 e. The zero-order valence-electron chi connectivity index (χ0n) is 18.9. The molecule has 1 fully saturated rings. The largest absolute Gasteiger partial charge is 0.361 e. The summed E-state index contributed by atoms with van der Waals surface area (Å²) >= 11 is 0. The lowest BCUT2D eigenvalue weighted by molar-refractivity contribution is 0.334. The van der Waals surface area contributed by atoms with Crippen LogP contribution in [0, 0.1) is 0 Å². The zero-order valence-corrected chi connectivity index (χ0v) is 18.9. The van der Waals surface area contributed by atoms with Crippen molar-refractivity contribution in [3.63, 3.8) is 0 Å². The minimum Gasteiger partial charge on any atom is -0.361 e.